The van der Waals surface area contributed by atoms with Crippen LogP contribution in [0.4, 0.5) is 5.13 Å². The first-order chi connectivity index (χ1) is 10.9. The third-order valence-corrected chi connectivity index (χ3v) is 5.15. The molecular weight excluding hydrogens is 338 g/mol. The minimum Gasteiger partial charge on any atom is -0.465 e. The highest BCUT2D eigenvalue weighted by molar-refractivity contribution is 8.01. The van der Waals surface area contributed by atoms with Crippen LogP contribution in [0.15, 0.2) is 0 Å². The van der Waals surface area contributed by atoms with Gasteiger partial charge >= 0.3 is 5.97 Å². The summed E-state index contributed by atoms with van der Waals surface area (Å²) in [6.07, 6.45) is 0.830. The molecule has 1 aromatic rings. The van der Waals surface area contributed by atoms with Crippen molar-refractivity contribution in [1.82, 2.24) is 10.2 Å². The van der Waals surface area contributed by atoms with Gasteiger partial charge in [-0.15, -0.1) is 22.0 Å². The Bertz CT molecular complexity index is 603. The smallest absolute Gasteiger partial charge is 0.315 e. The van der Waals surface area contributed by atoms with Gasteiger partial charge in [0, 0.05) is 12.8 Å². The average Bonchev–Trinajstić information content (AvgIpc) is 3.01. The molecule has 0 spiro atoms. The fourth-order valence-corrected chi connectivity index (χ4v) is 4.08. The number of amides is 2. The molecule has 1 unspecified atom stereocenters. The Morgan fingerprint density at radius 1 is 1.43 bits per heavy atom. The molecule has 2 amide bonds. The Hall–Kier alpha value is -1.48. The van der Waals surface area contributed by atoms with Crippen molar-refractivity contribution in [3.05, 3.63) is 5.01 Å². The van der Waals surface area contributed by atoms with Crippen molar-refractivity contribution in [2.45, 2.75) is 38.9 Å². The van der Waals surface area contributed by atoms with E-state index in [9.17, 15) is 14.4 Å². The van der Waals surface area contributed by atoms with E-state index in [0.717, 1.165) is 28.1 Å². The zero-order valence-corrected chi connectivity index (χ0v) is 14.9. The third kappa shape index (κ3) is 4.51. The molecule has 1 saturated heterocycles. The highest BCUT2D eigenvalue weighted by Gasteiger charge is 2.41. The van der Waals surface area contributed by atoms with E-state index in [4.69, 9.17) is 4.74 Å². The van der Waals surface area contributed by atoms with Gasteiger partial charge < -0.3 is 4.74 Å². The zero-order chi connectivity index (χ0) is 17.0. The summed E-state index contributed by atoms with van der Waals surface area (Å²) in [5.41, 5.74) is 0. The molecule has 0 N–H and O–H groups in total. The SMILES string of the molecule is CCOC(=O)CSC1CC(=O)N(c2nnc(CC(C)C)s2)C1=O. The van der Waals surface area contributed by atoms with Crippen LogP contribution in [0.5, 0.6) is 0 Å². The molecule has 1 aliphatic rings. The van der Waals surface area contributed by atoms with Crippen molar-refractivity contribution in [1.29, 1.82) is 0 Å². The number of esters is 1. The summed E-state index contributed by atoms with van der Waals surface area (Å²) >= 11 is 2.39. The van der Waals surface area contributed by atoms with E-state index in [2.05, 4.69) is 24.0 Å². The summed E-state index contributed by atoms with van der Waals surface area (Å²) < 4.78 is 4.83. The van der Waals surface area contributed by atoms with Crippen LogP contribution >= 0.6 is 23.1 Å². The molecule has 0 radical (unpaired) electrons. The van der Waals surface area contributed by atoms with Crippen molar-refractivity contribution in [3.8, 4) is 0 Å². The van der Waals surface area contributed by atoms with E-state index in [1.54, 1.807) is 6.92 Å². The second-order valence-electron chi connectivity index (χ2n) is 5.45. The molecule has 7 nitrogen and oxygen atoms in total. The highest BCUT2D eigenvalue weighted by Crippen LogP contribution is 2.31. The predicted molar refractivity (Wildman–Crippen MR) is 88.4 cm³/mol. The lowest BCUT2D eigenvalue weighted by atomic mass is 10.1. The minimum absolute atomic E-state index is 0.0556. The maximum absolute atomic E-state index is 12.4. The second-order valence-corrected chi connectivity index (χ2v) is 7.68. The van der Waals surface area contributed by atoms with E-state index in [1.807, 2.05) is 0 Å². The molecule has 0 aliphatic carbocycles. The molecule has 2 heterocycles. The number of carbonyl (C=O) groups excluding carboxylic acids is 3. The van der Waals surface area contributed by atoms with Gasteiger partial charge in [-0.25, -0.2) is 4.90 Å². The summed E-state index contributed by atoms with van der Waals surface area (Å²) in [5.74, 6) is -0.541. The van der Waals surface area contributed by atoms with E-state index in [0.29, 0.717) is 17.7 Å². The van der Waals surface area contributed by atoms with Gasteiger partial charge in [-0.1, -0.05) is 25.2 Å². The molecule has 0 saturated carbocycles. The van der Waals surface area contributed by atoms with Crippen molar-refractivity contribution in [2.24, 2.45) is 5.92 Å². The maximum Gasteiger partial charge on any atom is 0.315 e. The van der Waals surface area contributed by atoms with Crippen LogP contribution < -0.4 is 4.90 Å². The maximum atomic E-state index is 12.4. The molecule has 126 valence electrons. The number of aromatic nitrogens is 2. The fourth-order valence-electron chi connectivity index (χ4n) is 2.07. The van der Waals surface area contributed by atoms with Crippen molar-refractivity contribution in [2.75, 3.05) is 17.3 Å². The van der Waals surface area contributed by atoms with E-state index < -0.39 is 5.25 Å². The van der Waals surface area contributed by atoms with Gasteiger partial charge in [0.1, 0.15) is 5.01 Å². The first-order valence-corrected chi connectivity index (χ1v) is 9.25. The highest BCUT2D eigenvalue weighted by atomic mass is 32.2. The predicted octanol–water partition coefficient (Wildman–Crippen LogP) is 1.66. The van der Waals surface area contributed by atoms with E-state index >= 15 is 0 Å². The molecule has 23 heavy (non-hydrogen) atoms. The summed E-state index contributed by atoms with van der Waals surface area (Å²) in [6, 6.07) is 0. The average molecular weight is 357 g/mol. The largest absolute Gasteiger partial charge is 0.465 e. The number of hydrogen-bond donors (Lipinski definition) is 0. The van der Waals surface area contributed by atoms with Crippen LogP contribution in [-0.2, 0) is 25.5 Å². The molecule has 1 atom stereocenters. The van der Waals surface area contributed by atoms with Crippen LogP contribution in [-0.4, -0.2) is 45.6 Å². The Morgan fingerprint density at radius 3 is 2.83 bits per heavy atom. The lowest BCUT2D eigenvalue weighted by molar-refractivity contribution is -0.139. The fraction of sp³-hybridized carbons (Fsp3) is 0.643. The van der Waals surface area contributed by atoms with Gasteiger partial charge in [0.2, 0.25) is 16.9 Å². The van der Waals surface area contributed by atoms with Gasteiger partial charge in [0.25, 0.3) is 0 Å². The number of hydrogen-bond acceptors (Lipinski definition) is 8. The minimum atomic E-state index is -0.565. The van der Waals surface area contributed by atoms with Gasteiger partial charge in [0.05, 0.1) is 17.6 Å². The number of imide groups is 1. The number of thioether (sulfide) groups is 1. The van der Waals surface area contributed by atoms with Crippen molar-refractivity contribution in [3.63, 3.8) is 0 Å². The number of carbonyl (C=O) groups is 3. The molecule has 1 aromatic heterocycles. The summed E-state index contributed by atoms with van der Waals surface area (Å²) in [7, 11) is 0. The first-order valence-electron chi connectivity index (χ1n) is 7.38. The molecule has 9 heteroatoms. The number of anilines is 1. The van der Waals surface area contributed by atoms with Crippen molar-refractivity contribution < 1.29 is 19.1 Å². The van der Waals surface area contributed by atoms with Crippen LogP contribution in [0.3, 0.4) is 0 Å². The van der Waals surface area contributed by atoms with Crippen LogP contribution in [0.2, 0.25) is 0 Å². The second kappa shape index (κ2) is 7.87. The topological polar surface area (TPSA) is 89.5 Å². The Balaban J connectivity index is 2.00. The molecule has 0 aromatic carbocycles. The first kappa shape index (κ1) is 17.9. The quantitative estimate of drug-likeness (QED) is 0.541. The van der Waals surface area contributed by atoms with Crippen LogP contribution in [0, 0.1) is 5.92 Å². The lowest BCUT2D eigenvalue weighted by Gasteiger charge is -2.10. The van der Waals surface area contributed by atoms with Crippen LogP contribution in [0.1, 0.15) is 32.2 Å². The summed E-state index contributed by atoms with van der Waals surface area (Å²) in [6.45, 7) is 6.15. The molecule has 1 aliphatic heterocycles. The Labute approximate surface area is 142 Å². The summed E-state index contributed by atoms with van der Waals surface area (Å²) in [5, 5.41) is 8.55. The van der Waals surface area contributed by atoms with Gasteiger partial charge in [-0.3, -0.25) is 14.4 Å². The van der Waals surface area contributed by atoms with Crippen molar-refractivity contribution >= 4 is 46.0 Å². The molecule has 2 rings (SSSR count). The van der Waals surface area contributed by atoms with Gasteiger partial charge in [-0.2, -0.15) is 0 Å². The normalized spacial score (nSPS) is 18.1. The van der Waals surface area contributed by atoms with E-state index in [-0.39, 0.29) is 30.0 Å². The lowest BCUT2D eigenvalue weighted by Crippen LogP contribution is -2.31. The van der Waals surface area contributed by atoms with Gasteiger partial charge in [0.15, 0.2) is 0 Å². The molecule has 0 bridgehead atoms. The Kier molecular flexibility index (Phi) is 6.11. The number of rotatable bonds is 7. The third-order valence-electron chi connectivity index (χ3n) is 3.04. The number of ether oxygens (including phenoxy) is 1. The number of nitrogens with zero attached hydrogens (tertiary/aromatic N) is 3. The summed E-state index contributed by atoms with van der Waals surface area (Å²) in [4.78, 5) is 37.0. The molecular formula is C14H19N3O4S2. The Morgan fingerprint density at radius 2 is 2.17 bits per heavy atom. The zero-order valence-electron chi connectivity index (χ0n) is 13.3. The van der Waals surface area contributed by atoms with E-state index in [1.165, 1.54) is 11.3 Å². The standard InChI is InChI=1S/C14H19N3O4S2/c1-4-21-12(19)7-22-9-6-11(18)17(13(9)20)14-16-15-10(23-14)5-8(2)3/h8-9H,4-7H2,1-3H3. The monoisotopic (exact) mass is 357 g/mol. The van der Waals surface area contributed by atoms with Crippen LogP contribution in [0.25, 0.3) is 0 Å². The van der Waals surface area contributed by atoms with Gasteiger partial charge in [-0.05, 0) is 12.8 Å². The molecule has 1 fully saturated rings.